The lowest BCUT2D eigenvalue weighted by Gasteiger charge is -2.19. The molecule has 0 bridgehead atoms. The number of aromatic nitrogens is 1. The predicted octanol–water partition coefficient (Wildman–Crippen LogP) is 3.17. The molecule has 0 radical (unpaired) electrons. The van der Waals surface area contributed by atoms with Gasteiger partial charge in [-0.3, -0.25) is 9.78 Å². The monoisotopic (exact) mass is 382 g/mol. The fraction of sp³-hybridized carbons (Fsp3) is 0.318. The molecule has 6 nitrogen and oxygen atoms in total. The molecule has 1 aromatic carbocycles. The van der Waals surface area contributed by atoms with Gasteiger partial charge < -0.3 is 14.8 Å². The standard InChI is InChI=1S/C22H26N2O4/c1-22(2,3)28-21(26)16-27-19-8-4-6-17(14-19)11-13-24-20(25)10-9-18-7-5-12-23-15-18/h4-10,12,14-15H,11,13,16H2,1-3H3,(H,24,25). The van der Waals surface area contributed by atoms with Crippen LogP contribution in [-0.4, -0.2) is 35.6 Å². The second-order valence-electron chi connectivity index (χ2n) is 7.18. The van der Waals surface area contributed by atoms with Crippen LogP contribution in [0, 0.1) is 0 Å². The van der Waals surface area contributed by atoms with E-state index < -0.39 is 11.6 Å². The SMILES string of the molecule is CC(C)(C)OC(=O)COc1cccc(CCNC(=O)C=Cc2cccnc2)c1. The number of carbonyl (C=O) groups is 2. The van der Waals surface area contributed by atoms with Gasteiger partial charge in [-0.25, -0.2) is 4.79 Å². The lowest BCUT2D eigenvalue weighted by atomic mass is 10.1. The van der Waals surface area contributed by atoms with E-state index in [0.717, 1.165) is 11.1 Å². The van der Waals surface area contributed by atoms with Crippen LogP contribution in [0.25, 0.3) is 6.08 Å². The Morgan fingerprint density at radius 3 is 2.71 bits per heavy atom. The van der Waals surface area contributed by atoms with Crippen LogP contribution in [0.5, 0.6) is 5.75 Å². The first-order chi connectivity index (χ1) is 13.3. The molecule has 2 aromatic rings. The van der Waals surface area contributed by atoms with Gasteiger partial charge in [-0.05, 0) is 62.6 Å². The fourth-order valence-electron chi connectivity index (χ4n) is 2.34. The normalized spacial score (nSPS) is 11.2. The Hall–Kier alpha value is -3.15. The second kappa shape index (κ2) is 10.3. The van der Waals surface area contributed by atoms with E-state index in [2.05, 4.69) is 10.3 Å². The lowest BCUT2D eigenvalue weighted by Crippen LogP contribution is -2.27. The van der Waals surface area contributed by atoms with E-state index in [1.165, 1.54) is 6.08 Å². The third-order valence-electron chi connectivity index (χ3n) is 3.50. The minimum atomic E-state index is -0.536. The first-order valence-corrected chi connectivity index (χ1v) is 9.11. The molecular formula is C22H26N2O4. The molecule has 6 heteroatoms. The van der Waals surface area contributed by atoms with Gasteiger partial charge >= 0.3 is 5.97 Å². The molecule has 28 heavy (non-hydrogen) atoms. The highest BCUT2D eigenvalue weighted by molar-refractivity contribution is 5.91. The number of hydrogen-bond donors (Lipinski definition) is 1. The average molecular weight is 382 g/mol. The van der Waals surface area contributed by atoms with Crippen LogP contribution < -0.4 is 10.1 Å². The minimum absolute atomic E-state index is 0.142. The fourth-order valence-corrected chi connectivity index (χ4v) is 2.34. The largest absolute Gasteiger partial charge is 0.482 e. The Bertz CT molecular complexity index is 811. The van der Waals surface area contributed by atoms with Crippen molar-refractivity contribution in [3.8, 4) is 5.75 Å². The number of benzene rings is 1. The highest BCUT2D eigenvalue weighted by atomic mass is 16.6. The zero-order valence-corrected chi connectivity index (χ0v) is 16.5. The van der Waals surface area contributed by atoms with Crippen LogP contribution in [0.4, 0.5) is 0 Å². The molecule has 0 aliphatic rings. The summed E-state index contributed by atoms with van der Waals surface area (Å²) in [7, 11) is 0. The number of ether oxygens (including phenoxy) is 2. The zero-order chi connectivity index (χ0) is 20.4. The first kappa shape index (κ1) is 21.2. The number of amides is 1. The molecule has 0 fully saturated rings. The van der Waals surface area contributed by atoms with Gasteiger partial charge in [0.05, 0.1) is 0 Å². The van der Waals surface area contributed by atoms with Crippen LogP contribution in [0.3, 0.4) is 0 Å². The summed E-state index contributed by atoms with van der Waals surface area (Å²) in [5, 5.41) is 2.84. The number of nitrogens with one attached hydrogen (secondary N) is 1. The van der Waals surface area contributed by atoms with E-state index in [1.807, 2.05) is 51.1 Å². The first-order valence-electron chi connectivity index (χ1n) is 9.11. The third kappa shape index (κ3) is 8.49. The molecule has 148 valence electrons. The number of rotatable bonds is 8. The summed E-state index contributed by atoms with van der Waals surface area (Å²) >= 11 is 0. The molecule has 0 unspecified atom stereocenters. The van der Waals surface area contributed by atoms with Crippen molar-refractivity contribution < 1.29 is 19.1 Å². The summed E-state index contributed by atoms with van der Waals surface area (Å²) < 4.78 is 10.7. The topological polar surface area (TPSA) is 77.5 Å². The van der Waals surface area contributed by atoms with Crippen molar-refractivity contribution in [2.45, 2.75) is 32.8 Å². The van der Waals surface area contributed by atoms with Crippen molar-refractivity contribution in [1.29, 1.82) is 0 Å². The van der Waals surface area contributed by atoms with Gasteiger partial charge in [0, 0.05) is 25.0 Å². The van der Waals surface area contributed by atoms with Gasteiger partial charge in [0.1, 0.15) is 11.4 Å². The van der Waals surface area contributed by atoms with Crippen molar-refractivity contribution in [3.05, 3.63) is 66.0 Å². The summed E-state index contributed by atoms with van der Waals surface area (Å²) in [4.78, 5) is 27.6. The molecule has 0 aliphatic heterocycles. The van der Waals surface area contributed by atoms with Crippen molar-refractivity contribution in [3.63, 3.8) is 0 Å². The summed E-state index contributed by atoms with van der Waals surface area (Å²) in [6, 6.07) is 11.1. The Morgan fingerprint density at radius 1 is 1.18 bits per heavy atom. The predicted molar refractivity (Wildman–Crippen MR) is 108 cm³/mol. The van der Waals surface area contributed by atoms with Crippen molar-refractivity contribution in [2.75, 3.05) is 13.2 Å². The molecule has 2 rings (SSSR count). The summed E-state index contributed by atoms with van der Waals surface area (Å²) in [5.41, 5.74) is 1.33. The summed E-state index contributed by atoms with van der Waals surface area (Å²) in [6.07, 6.45) is 7.22. The minimum Gasteiger partial charge on any atom is -0.482 e. The molecule has 1 amide bonds. The van der Waals surface area contributed by atoms with Crippen LogP contribution in [0.15, 0.2) is 54.9 Å². The van der Waals surface area contributed by atoms with Gasteiger partial charge in [0.25, 0.3) is 0 Å². The van der Waals surface area contributed by atoms with Crippen LogP contribution in [-0.2, 0) is 20.7 Å². The quantitative estimate of drug-likeness (QED) is 0.560. The number of hydrogen-bond acceptors (Lipinski definition) is 5. The van der Waals surface area contributed by atoms with E-state index in [4.69, 9.17) is 9.47 Å². The Labute approximate surface area is 165 Å². The Balaban J connectivity index is 1.75. The van der Waals surface area contributed by atoms with E-state index in [0.29, 0.717) is 18.7 Å². The smallest absolute Gasteiger partial charge is 0.344 e. The third-order valence-corrected chi connectivity index (χ3v) is 3.50. The second-order valence-corrected chi connectivity index (χ2v) is 7.18. The van der Waals surface area contributed by atoms with E-state index in [-0.39, 0.29) is 12.5 Å². The number of carbonyl (C=O) groups excluding carboxylic acids is 2. The van der Waals surface area contributed by atoms with Gasteiger partial charge in [0.15, 0.2) is 6.61 Å². The zero-order valence-electron chi connectivity index (χ0n) is 16.5. The highest BCUT2D eigenvalue weighted by Gasteiger charge is 2.16. The number of nitrogens with zero attached hydrogens (tertiary/aromatic N) is 1. The van der Waals surface area contributed by atoms with Crippen molar-refractivity contribution >= 4 is 18.0 Å². The molecule has 1 aromatic heterocycles. The Kier molecular flexibility index (Phi) is 7.75. The average Bonchev–Trinajstić information content (AvgIpc) is 2.65. The molecule has 0 spiro atoms. The molecular weight excluding hydrogens is 356 g/mol. The number of esters is 1. The summed E-state index contributed by atoms with van der Waals surface area (Å²) in [6.45, 7) is 5.78. The lowest BCUT2D eigenvalue weighted by molar-refractivity contribution is -0.157. The van der Waals surface area contributed by atoms with Crippen LogP contribution >= 0.6 is 0 Å². The molecule has 0 saturated heterocycles. The number of pyridine rings is 1. The van der Waals surface area contributed by atoms with Crippen LogP contribution in [0.2, 0.25) is 0 Å². The van der Waals surface area contributed by atoms with Crippen LogP contribution in [0.1, 0.15) is 31.9 Å². The maximum absolute atomic E-state index is 11.9. The van der Waals surface area contributed by atoms with E-state index >= 15 is 0 Å². The summed E-state index contributed by atoms with van der Waals surface area (Å²) in [5.74, 6) is 0.0120. The molecule has 1 N–H and O–H groups in total. The Morgan fingerprint density at radius 2 is 2.00 bits per heavy atom. The van der Waals surface area contributed by atoms with Gasteiger partial charge in [-0.2, -0.15) is 0 Å². The molecule has 1 heterocycles. The van der Waals surface area contributed by atoms with Gasteiger partial charge in [-0.15, -0.1) is 0 Å². The molecule has 0 aliphatic carbocycles. The van der Waals surface area contributed by atoms with E-state index in [9.17, 15) is 9.59 Å². The van der Waals surface area contributed by atoms with Gasteiger partial charge in [-0.1, -0.05) is 18.2 Å². The molecule has 0 atom stereocenters. The van der Waals surface area contributed by atoms with Crippen molar-refractivity contribution in [2.24, 2.45) is 0 Å². The van der Waals surface area contributed by atoms with Gasteiger partial charge in [0.2, 0.25) is 5.91 Å². The van der Waals surface area contributed by atoms with Crippen molar-refractivity contribution in [1.82, 2.24) is 10.3 Å². The maximum Gasteiger partial charge on any atom is 0.344 e. The van der Waals surface area contributed by atoms with E-state index in [1.54, 1.807) is 24.5 Å². The molecule has 0 saturated carbocycles. The maximum atomic E-state index is 11.9. The highest BCUT2D eigenvalue weighted by Crippen LogP contribution is 2.14.